The first-order chi connectivity index (χ1) is 19.7. The molecule has 6 aromatic carbocycles. The number of H-pyrrole nitrogens is 1. The second kappa shape index (κ2) is 9.22. The number of hydrogen-bond acceptors (Lipinski definition) is 1. The summed E-state index contributed by atoms with van der Waals surface area (Å²) in [5.74, 6) is 1.88. The Hall–Kier alpha value is -4.13. The van der Waals surface area contributed by atoms with Gasteiger partial charge in [0.2, 0.25) is 0 Å². The van der Waals surface area contributed by atoms with Crippen molar-refractivity contribution >= 4 is 73.2 Å². The summed E-state index contributed by atoms with van der Waals surface area (Å²) in [5, 5.41) is 7.75. The van der Waals surface area contributed by atoms with Crippen molar-refractivity contribution in [2.45, 2.75) is 0 Å². The van der Waals surface area contributed by atoms with Crippen LogP contribution in [0.15, 0.2) is 140 Å². The average molecular weight is 642 g/mol. The number of para-hydroxylation sites is 2. The molecule has 0 amide bonds. The minimum Gasteiger partial charge on any atom is -0.457 e. The zero-order valence-electron chi connectivity index (χ0n) is 21.6. The van der Waals surface area contributed by atoms with E-state index in [2.05, 4.69) is 167 Å². The number of benzene rings is 6. The summed E-state index contributed by atoms with van der Waals surface area (Å²) in [6.07, 6.45) is 0. The molecule has 0 saturated heterocycles. The van der Waals surface area contributed by atoms with Gasteiger partial charge in [0.1, 0.15) is 11.5 Å². The third-order valence-electron chi connectivity index (χ3n) is 8.20. The highest BCUT2D eigenvalue weighted by Gasteiger charge is 2.48. The van der Waals surface area contributed by atoms with Crippen molar-refractivity contribution in [3.05, 3.63) is 143 Å². The van der Waals surface area contributed by atoms with Crippen molar-refractivity contribution < 1.29 is 4.74 Å². The molecule has 1 N–H and O–H groups in total. The van der Waals surface area contributed by atoms with Gasteiger partial charge in [0.15, 0.2) is 8.07 Å². The molecule has 1 atom stereocenters. The lowest BCUT2D eigenvalue weighted by molar-refractivity contribution is 0.487. The Kier molecular flexibility index (Phi) is 5.47. The van der Waals surface area contributed by atoms with E-state index in [9.17, 15) is 0 Å². The van der Waals surface area contributed by atoms with Crippen molar-refractivity contribution in [3.63, 3.8) is 0 Å². The van der Waals surface area contributed by atoms with Crippen molar-refractivity contribution in [2.24, 2.45) is 0 Å². The Morgan fingerprint density at radius 2 is 1.25 bits per heavy atom. The number of aromatic nitrogens is 1. The lowest BCUT2D eigenvalue weighted by atomic mass is 10.1. The van der Waals surface area contributed by atoms with E-state index in [1.54, 1.807) is 0 Å². The van der Waals surface area contributed by atoms with Crippen LogP contribution in [0, 0.1) is 3.57 Å². The van der Waals surface area contributed by atoms with Crippen LogP contribution in [0.4, 0.5) is 0 Å². The molecular weight excluding hydrogens is 617 g/mol. The van der Waals surface area contributed by atoms with Gasteiger partial charge in [0.05, 0.1) is 5.52 Å². The van der Waals surface area contributed by atoms with Crippen LogP contribution in [0.3, 0.4) is 0 Å². The molecule has 1 aliphatic rings. The van der Waals surface area contributed by atoms with Crippen LogP contribution in [0.25, 0.3) is 32.9 Å². The Labute approximate surface area is 247 Å². The zero-order valence-corrected chi connectivity index (χ0v) is 24.7. The fourth-order valence-electron chi connectivity index (χ4n) is 6.44. The molecule has 0 radical (unpaired) electrons. The zero-order chi connectivity index (χ0) is 26.7. The third-order valence-corrected chi connectivity index (χ3v) is 13.7. The molecular formula is C36H24INOSi. The maximum Gasteiger partial charge on any atom is 0.188 e. The smallest absolute Gasteiger partial charge is 0.188 e. The summed E-state index contributed by atoms with van der Waals surface area (Å²) in [5.41, 5.74) is 4.70. The van der Waals surface area contributed by atoms with Crippen LogP contribution in [0.5, 0.6) is 11.5 Å². The van der Waals surface area contributed by atoms with Gasteiger partial charge in [-0.2, -0.15) is 0 Å². The maximum absolute atomic E-state index is 6.72. The molecule has 0 spiro atoms. The van der Waals surface area contributed by atoms with Crippen molar-refractivity contribution in [3.8, 4) is 22.6 Å². The summed E-state index contributed by atoms with van der Waals surface area (Å²) in [4.78, 5) is 3.63. The highest BCUT2D eigenvalue weighted by Crippen LogP contribution is 2.35. The number of ether oxygens (including phenoxy) is 1. The summed E-state index contributed by atoms with van der Waals surface area (Å²) in [6.45, 7) is 0. The molecule has 0 fully saturated rings. The van der Waals surface area contributed by atoms with Crippen LogP contribution in [0.1, 0.15) is 0 Å². The first kappa shape index (κ1) is 23.7. The molecule has 0 aliphatic carbocycles. The number of fused-ring (bicyclic) bond motifs is 5. The summed E-state index contributed by atoms with van der Waals surface area (Å²) >= 11 is 2.37. The summed E-state index contributed by atoms with van der Waals surface area (Å²) in [6, 6.07) is 51.0. The van der Waals surface area contributed by atoms with Gasteiger partial charge >= 0.3 is 0 Å². The third kappa shape index (κ3) is 3.53. The van der Waals surface area contributed by atoms with Gasteiger partial charge in [-0.25, -0.2) is 0 Å². The van der Waals surface area contributed by atoms with E-state index in [0.717, 1.165) is 22.5 Å². The van der Waals surface area contributed by atoms with Crippen LogP contribution in [-0.4, -0.2) is 13.1 Å². The van der Waals surface area contributed by atoms with Gasteiger partial charge in [-0.15, -0.1) is 0 Å². The number of hydrogen-bond donors (Lipinski definition) is 1. The quantitative estimate of drug-likeness (QED) is 0.162. The largest absolute Gasteiger partial charge is 0.457 e. The normalized spacial score (nSPS) is 15.9. The molecule has 2 heterocycles. The van der Waals surface area contributed by atoms with E-state index in [1.165, 1.54) is 46.2 Å². The van der Waals surface area contributed by atoms with E-state index >= 15 is 0 Å². The molecule has 190 valence electrons. The second-order valence-electron chi connectivity index (χ2n) is 10.4. The first-order valence-electron chi connectivity index (χ1n) is 13.5. The minimum absolute atomic E-state index is 0.938. The van der Waals surface area contributed by atoms with Gasteiger partial charge in [-0.05, 0) is 84.8 Å². The maximum atomic E-state index is 6.72. The van der Waals surface area contributed by atoms with Gasteiger partial charge in [0.25, 0.3) is 0 Å². The number of aromatic amines is 1. The predicted molar refractivity (Wildman–Crippen MR) is 178 cm³/mol. The molecule has 7 aromatic rings. The molecule has 8 rings (SSSR count). The molecule has 0 saturated carbocycles. The van der Waals surface area contributed by atoms with Crippen LogP contribution in [0.2, 0.25) is 0 Å². The van der Waals surface area contributed by atoms with E-state index in [4.69, 9.17) is 4.74 Å². The molecule has 2 nitrogen and oxygen atoms in total. The Morgan fingerprint density at radius 1 is 0.500 bits per heavy atom. The Morgan fingerprint density at radius 3 is 2.12 bits per heavy atom. The van der Waals surface area contributed by atoms with Crippen molar-refractivity contribution in [2.75, 3.05) is 0 Å². The number of halogens is 1. The second-order valence-corrected chi connectivity index (χ2v) is 15.3. The molecule has 1 aliphatic heterocycles. The van der Waals surface area contributed by atoms with E-state index in [-0.39, 0.29) is 0 Å². The summed E-state index contributed by atoms with van der Waals surface area (Å²) in [7, 11) is -2.77. The highest BCUT2D eigenvalue weighted by atomic mass is 127. The van der Waals surface area contributed by atoms with Gasteiger partial charge in [-0.1, -0.05) is 103 Å². The first-order valence-corrected chi connectivity index (χ1v) is 16.5. The van der Waals surface area contributed by atoms with Gasteiger partial charge in [-0.3, -0.25) is 0 Å². The fraction of sp³-hybridized carbons (Fsp3) is 0. The molecule has 1 aromatic heterocycles. The molecule has 0 bridgehead atoms. The monoisotopic (exact) mass is 641 g/mol. The predicted octanol–water partition coefficient (Wildman–Crippen LogP) is 7.08. The number of nitrogens with one attached hydrogen (secondary N) is 1. The highest BCUT2D eigenvalue weighted by molar-refractivity contribution is 14.1. The lowest BCUT2D eigenvalue weighted by Crippen LogP contribution is -2.76. The van der Waals surface area contributed by atoms with Crippen LogP contribution < -0.4 is 25.5 Å². The van der Waals surface area contributed by atoms with Crippen molar-refractivity contribution in [1.29, 1.82) is 0 Å². The van der Waals surface area contributed by atoms with E-state index < -0.39 is 8.07 Å². The number of rotatable bonds is 3. The lowest BCUT2D eigenvalue weighted by Gasteiger charge is -2.39. The topological polar surface area (TPSA) is 25.0 Å². The average Bonchev–Trinajstić information content (AvgIpc) is 3.37. The SMILES string of the molecule is Ic1ccc(-c2cccc([Si]3(c4ccccc4)c4ccccc4Oc4cc5[nH]c6ccccc6c5cc43)c2)cc1. The summed E-state index contributed by atoms with van der Waals surface area (Å²) < 4.78 is 7.96. The van der Waals surface area contributed by atoms with E-state index in [0.29, 0.717) is 0 Å². The van der Waals surface area contributed by atoms with Crippen LogP contribution >= 0.6 is 22.6 Å². The molecule has 4 heteroatoms. The van der Waals surface area contributed by atoms with Gasteiger partial charge < -0.3 is 9.72 Å². The molecule has 40 heavy (non-hydrogen) atoms. The standard InChI is InChI=1S/C36H24INOSi/c37-26-19-17-24(18-20-26)25-9-8-12-28(21-25)40(27-10-2-1-3-11-27)35-16-7-6-15-33(35)39-34-23-32-30(22-36(34)40)29-13-4-5-14-31(29)38-32/h1-23,38H. The van der Waals surface area contributed by atoms with Gasteiger partial charge in [0, 0.05) is 25.9 Å². The van der Waals surface area contributed by atoms with Crippen LogP contribution in [-0.2, 0) is 0 Å². The van der Waals surface area contributed by atoms with E-state index in [1.807, 2.05) is 0 Å². The fourth-order valence-corrected chi connectivity index (χ4v) is 11.8. The Balaban J connectivity index is 1.50. The molecule has 1 unspecified atom stereocenters. The minimum atomic E-state index is -2.77. The Bertz CT molecular complexity index is 2050. The van der Waals surface area contributed by atoms with Crippen molar-refractivity contribution in [1.82, 2.24) is 4.98 Å².